The van der Waals surface area contributed by atoms with Crippen LogP contribution in [0.4, 0.5) is 4.39 Å². The van der Waals surface area contributed by atoms with Crippen LogP contribution < -0.4 is 4.74 Å². The third kappa shape index (κ3) is 2.15. The molecule has 1 N–H and O–H groups in total. The summed E-state index contributed by atoms with van der Waals surface area (Å²) in [5.41, 5.74) is 1.71. The van der Waals surface area contributed by atoms with Gasteiger partial charge in [0, 0.05) is 29.6 Å². The standard InChI is InChI=1S/C16H17FN4O/c1-10-8-11-12(18-10)5-6-13(16(11)17)22-9-15-20-19-14-4-2-3-7-21(14)15/h5-6,8,18H,2-4,7,9H2,1H3. The molecule has 0 amide bonds. The third-order valence-electron chi connectivity index (χ3n) is 4.13. The van der Waals surface area contributed by atoms with Gasteiger partial charge < -0.3 is 14.3 Å². The number of benzene rings is 1. The van der Waals surface area contributed by atoms with E-state index in [-0.39, 0.29) is 18.2 Å². The average Bonchev–Trinajstić information content (AvgIpc) is 3.10. The average molecular weight is 300 g/mol. The van der Waals surface area contributed by atoms with Crippen molar-refractivity contribution in [2.75, 3.05) is 0 Å². The van der Waals surface area contributed by atoms with Crippen molar-refractivity contribution in [3.63, 3.8) is 0 Å². The lowest BCUT2D eigenvalue weighted by Crippen LogP contribution is -2.14. The Morgan fingerprint density at radius 2 is 2.23 bits per heavy atom. The molecule has 0 aliphatic carbocycles. The van der Waals surface area contributed by atoms with Crippen LogP contribution in [0.5, 0.6) is 5.75 Å². The molecular formula is C16H17FN4O. The maximum Gasteiger partial charge on any atom is 0.174 e. The quantitative estimate of drug-likeness (QED) is 0.808. The number of hydrogen-bond donors (Lipinski definition) is 1. The van der Waals surface area contributed by atoms with Crippen LogP contribution in [0.3, 0.4) is 0 Å². The minimum atomic E-state index is -0.333. The first-order valence-electron chi connectivity index (χ1n) is 7.54. The highest BCUT2D eigenvalue weighted by molar-refractivity contribution is 5.82. The molecule has 3 aromatic rings. The number of H-pyrrole nitrogens is 1. The van der Waals surface area contributed by atoms with Crippen molar-refractivity contribution < 1.29 is 9.13 Å². The fraction of sp³-hybridized carbons (Fsp3) is 0.375. The summed E-state index contributed by atoms with van der Waals surface area (Å²) in [6.45, 7) is 3.06. The van der Waals surface area contributed by atoms with Gasteiger partial charge in [0.1, 0.15) is 12.4 Å². The minimum Gasteiger partial charge on any atom is -0.483 e. The third-order valence-corrected chi connectivity index (χ3v) is 4.13. The van der Waals surface area contributed by atoms with Crippen LogP contribution >= 0.6 is 0 Å². The molecule has 0 bridgehead atoms. The summed E-state index contributed by atoms with van der Waals surface area (Å²) in [5, 5.41) is 8.90. The second-order valence-electron chi connectivity index (χ2n) is 5.72. The van der Waals surface area contributed by atoms with Crippen molar-refractivity contribution >= 4 is 10.9 Å². The van der Waals surface area contributed by atoms with Crippen LogP contribution in [-0.4, -0.2) is 19.7 Å². The SMILES string of the molecule is Cc1cc2c(F)c(OCc3nnc4n3CCCC4)ccc2[nH]1. The van der Waals surface area contributed by atoms with Crippen LogP contribution in [0.1, 0.15) is 30.2 Å². The lowest BCUT2D eigenvalue weighted by Gasteiger charge is -2.15. The maximum absolute atomic E-state index is 14.5. The smallest absolute Gasteiger partial charge is 0.174 e. The van der Waals surface area contributed by atoms with Crippen LogP contribution in [-0.2, 0) is 19.6 Å². The van der Waals surface area contributed by atoms with E-state index in [1.807, 2.05) is 13.0 Å². The van der Waals surface area contributed by atoms with Gasteiger partial charge >= 0.3 is 0 Å². The monoisotopic (exact) mass is 300 g/mol. The number of rotatable bonds is 3. The number of hydrogen-bond acceptors (Lipinski definition) is 3. The number of nitrogens with zero attached hydrogens (tertiary/aromatic N) is 3. The molecule has 4 rings (SSSR count). The van der Waals surface area contributed by atoms with Crippen LogP contribution in [0.25, 0.3) is 10.9 Å². The molecule has 0 unspecified atom stereocenters. The predicted octanol–water partition coefficient (Wildman–Crippen LogP) is 3.12. The zero-order valence-electron chi connectivity index (χ0n) is 12.4. The van der Waals surface area contributed by atoms with Gasteiger partial charge in [-0.2, -0.15) is 0 Å². The molecule has 3 heterocycles. The number of fused-ring (bicyclic) bond motifs is 2. The van der Waals surface area contributed by atoms with E-state index in [0.717, 1.165) is 48.7 Å². The Hall–Kier alpha value is -2.37. The molecule has 1 aliphatic heterocycles. The van der Waals surface area contributed by atoms with Gasteiger partial charge in [-0.3, -0.25) is 0 Å². The molecule has 0 spiro atoms. The largest absolute Gasteiger partial charge is 0.483 e. The Kier molecular flexibility index (Phi) is 3.10. The summed E-state index contributed by atoms with van der Waals surface area (Å²) in [7, 11) is 0. The zero-order valence-corrected chi connectivity index (χ0v) is 12.4. The highest BCUT2D eigenvalue weighted by Gasteiger charge is 2.17. The second-order valence-corrected chi connectivity index (χ2v) is 5.72. The molecule has 0 fully saturated rings. The normalized spacial score (nSPS) is 14.3. The molecule has 1 aromatic carbocycles. The van der Waals surface area contributed by atoms with E-state index in [9.17, 15) is 4.39 Å². The van der Waals surface area contributed by atoms with Crippen LogP contribution in [0.2, 0.25) is 0 Å². The summed E-state index contributed by atoms with van der Waals surface area (Å²) in [5.74, 6) is 1.68. The van der Waals surface area contributed by atoms with Crippen molar-refractivity contribution in [1.82, 2.24) is 19.7 Å². The zero-order chi connectivity index (χ0) is 15.1. The Bertz CT molecular complexity index is 836. The highest BCUT2D eigenvalue weighted by atomic mass is 19.1. The molecular weight excluding hydrogens is 283 g/mol. The Morgan fingerprint density at radius 3 is 3.14 bits per heavy atom. The Morgan fingerprint density at radius 1 is 1.32 bits per heavy atom. The first-order chi connectivity index (χ1) is 10.7. The molecule has 0 saturated carbocycles. The first kappa shape index (κ1) is 13.3. The first-order valence-corrected chi connectivity index (χ1v) is 7.54. The molecule has 2 aromatic heterocycles. The van der Waals surface area contributed by atoms with Crippen molar-refractivity contribution in [3.05, 3.63) is 41.4 Å². The van der Waals surface area contributed by atoms with Gasteiger partial charge in [0.25, 0.3) is 0 Å². The summed E-state index contributed by atoms with van der Waals surface area (Å²) >= 11 is 0. The fourth-order valence-corrected chi connectivity index (χ4v) is 3.02. The summed E-state index contributed by atoms with van der Waals surface area (Å²) in [6, 6.07) is 5.28. The lowest BCUT2D eigenvalue weighted by atomic mass is 10.2. The molecule has 6 heteroatoms. The number of aromatic nitrogens is 4. The number of aryl methyl sites for hydroxylation is 2. The number of ether oxygens (including phenoxy) is 1. The molecule has 0 saturated heterocycles. The minimum absolute atomic E-state index is 0.235. The summed E-state index contributed by atoms with van der Waals surface area (Å²) in [6.07, 6.45) is 3.23. The maximum atomic E-state index is 14.5. The topological polar surface area (TPSA) is 55.7 Å². The van der Waals surface area contributed by atoms with E-state index in [1.54, 1.807) is 12.1 Å². The molecule has 0 atom stereocenters. The van der Waals surface area contributed by atoms with Crippen LogP contribution in [0, 0.1) is 12.7 Å². The molecule has 0 radical (unpaired) electrons. The van der Waals surface area contributed by atoms with Gasteiger partial charge in [-0.05, 0) is 38.0 Å². The number of nitrogens with one attached hydrogen (secondary N) is 1. The Labute approximate surface area is 127 Å². The van der Waals surface area contributed by atoms with Crippen molar-refractivity contribution in [3.8, 4) is 5.75 Å². The van der Waals surface area contributed by atoms with E-state index in [1.165, 1.54) is 0 Å². The van der Waals surface area contributed by atoms with E-state index in [4.69, 9.17) is 4.74 Å². The molecule has 22 heavy (non-hydrogen) atoms. The van der Waals surface area contributed by atoms with Gasteiger partial charge in [-0.15, -0.1) is 10.2 Å². The molecule has 114 valence electrons. The van der Waals surface area contributed by atoms with E-state index < -0.39 is 0 Å². The lowest BCUT2D eigenvalue weighted by molar-refractivity contribution is 0.274. The summed E-state index contributed by atoms with van der Waals surface area (Å²) in [4.78, 5) is 3.12. The van der Waals surface area contributed by atoms with Gasteiger partial charge in [-0.1, -0.05) is 0 Å². The van der Waals surface area contributed by atoms with Gasteiger partial charge in [0.15, 0.2) is 17.4 Å². The van der Waals surface area contributed by atoms with Gasteiger partial charge in [-0.25, -0.2) is 4.39 Å². The predicted molar refractivity (Wildman–Crippen MR) is 80.3 cm³/mol. The van der Waals surface area contributed by atoms with Crippen molar-refractivity contribution in [2.24, 2.45) is 0 Å². The molecule has 5 nitrogen and oxygen atoms in total. The Balaban J connectivity index is 1.59. The van der Waals surface area contributed by atoms with Crippen molar-refractivity contribution in [1.29, 1.82) is 0 Å². The highest BCUT2D eigenvalue weighted by Crippen LogP contribution is 2.27. The van der Waals surface area contributed by atoms with Crippen LogP contribution in [0.15, 0.2) is 18.2 Å². The summed E-state index contributed by atoms with van der Waals surface area (Å²) < 4.78 is 22.2. The van der Waals surface area contributed by atoms with E-state index in [2.05, 4.69) is 19.7 Å². The van der Waals surface area contributed by atoms with Crippen molar-refractivity contribution in [2.45, 2.75) is 39.3 Å². The molecule has 1 aliphatic rings. The van der Waals surface area contributed by atoms with Gasteiger partial charge in [0.2, 0.25) is 0 Å². The fourth-order valence-electron chi connectivity index (χ4n) is 3.02. The van der Waals surface area contributed by atoms with E-state index in [0.29, 0.717) is 5.39 Å². The second kappa shape index (κ2) is 5.12. The van der Waals surface area contributed by atoms with E-state index >= 15 is 0 Å². The number of halogens is 1. The van der Waals surface area contributed by atoms with Gasteiger partial charge in [0.05, 0.1) is 0 Å². The number of aromatic amines is 1.